The molecule has 1 aliphatic carbocycles. The number of ether oxygens (including phenoxy) is 1. The van der Waals surface area contributed by atoms with Crippen molar-refractivity contribution < 1.29 is 17.9 Å². The third-order valence-electron chi connectivity index (χ3n) is 4.99. The first-order valence-corrected chi connectivity index (χ1v) is 10.2. The second kappa shape index (κ2) is 7.30. The molecule has 128 valence electrons. The number of hydrogen-bond donors (Lipinski definition) is 1. The van der Waals surface area contributed by atoms with Gasteiger partial charge in [0.15, 0.2) is 9.84 Å². The molecule has 5 nitrogen and oxygen atoms in total. The number of rotatable bonds is 5. The van der Waals surface area contributed by atoms with Gasteiger partial charge in [0.2, 0.25) is 5.91 Å². The molecule has 4 atom stereocenters. The van der Waals surface area contributed by atoms with Crippen LogP contribution in [0.4, 0.5) is 0 Å². The third kappa shape index (κ3) is 4.95. The van der Waals surface area contributed by atoms with Crippen molar-refractivity contribution in [1.29, 1.82) is 0 Å². The van der Waals surface area contributed by atoms with Gasteiger partial charge in [0.25, 0.3) is 0 Å². The van der Waals surface area contributed by atoms with Gasteiger partial charge in [-0.25, -0.2) is 8.42 Å². The summed E-state index contributed by atoms with van der Waals surface area (Å²) >= 11 is 0. The summed E-state index contributed by atoms with van der Waals surface area (Å²) in [6.07, 6.45) is 4.06. The Labute approximate surface area is 134 Å². The predicted molar refractivity (Wildman–Crippen MR) is 86.3 cm³/mol. The van der Waals surface area contributed by atoms with Gasteiger partial charge in [0.05, 0.1) is 17.6 Å². The molecule has 0 unspecified atom stereocenters. The zero-order chi connectivity index (χ0) is 16.3. The van der Waals surface area contributed by atoms with Crippen molar-refractivity contribution in [3.8, 4) is 0 Å². The van der Waals surface area contributed by atoms with E-state index in [1.807, 2.05) is 0 Å². The zero-order valence-electron chi connectivity index (χ0n) is 13.9. The van der Waals surface area contributed by atoms with E-state index in [4.69, 9.17) is 4.74 Å². The van der Waals surface area contributed by atoms with Crippen LogP contribution in [0.3, 0.4) is 0 Å². The minimum atomic E-state index is -2.96. The van der Waals surface area contributed by atoms with Crippen LogP contribution in [0.5, 0.6) is 0 Å². The van der Waals surface area contributed by atoms with Gasteiger partial charge in [-0.15, -0.1) is 0 Å². The predicted octanol–water partition coefficient (Wildman–Crippen LogP) is 1.77. The number of carbonyl (C=O) groups excluding carboxylic acids is 1. The Hall–Kier alpha value is -0.620. The molecule has 6 heteroatoms. The highest BCUT2D eigenvalue weighted by molar-refractivity contribution is 7.91. The molecule has 0 bridgehead atoms. The molecular weight excluding hydrogens is 302 g/mol. The van der Waals surface area contributed by atoms with Gasteiger partial charge < -0.3 is 10.1 Å². The van der Waals surface area contributed by atoms with Crippen LogP contribution in [-0.4, -0.2) is 44.6 Å². The minimum Gasteiger partial charge on any atom is -0.368 e. The lowest BCUT2D eigenvalue weighted by Crippen LogP contribution is -2.41. The van der Waals surface area contributed by atoms with Crippen LogP contribution < -0.4 is 5.32 Å². The number of carbonyl (C=O) groups is 1. The highest BCUT2D eigenvalue weighted by Gasteiger charge is 2.32. The number of sulfone groups is 1. The van der Waals surface area contributed by atoms with Gasteiger partial charge in [-0.2, -0.15) is 0 Å². The fourth-order valence-electron chi connectivity index (χ4n) is 3.67. The number of nitrogens with one attached hydrogen (secondary N) is 1. The van der Waals surface area contributed by atoms with E-state index < -0.39 is 9.84 Å². The van der Waals surface area contributed by atoms with E-state index in [1.165, 1.54) is 6.42 Å². The van der Waals surface area contributed by atoms with E-state index in [2.05, 4.69) is 26.1 Å². The number of hydrogen-bond acceptors (Lipinski definition) is 4. The maximum absolute atomic E-state index is 12.0. The normalized spacial score (nSPS) is 34.7. The molecule has 22 heavy (non-hydrogen) atoms. The van der Waals surface area contributed by atoms with Crippen LogP contribution in [0.15, 0.2) is 0 Å². The summed E-state index contributed by atoms with van der Waals surface area (Å²) in [4.78, 5) is 12.0. The van der Waals surface area contributed by atoms with E-state index in [0.717, 1.165) is 12.8 Å². The molecule has 2 aliphatic rings. The van der Waals surface area contributed by atoms with Crippen LogP contribution >= 0.6 is 0 Å². The minimum absolute atomic E-state index is 0.0388. The van der Waals surface area contributed by atoms with E-state index >= 15 is 0 Å². The highest BCUT2D eigenvalue weighted by atomic mass is 32.2. The molecule has 1 heterocycles. The van der Waals surface area contributed by atoms with Crippen molar-refractivity contribution >= 4 is 15.7 Å². The van der Waals surface area contributed by atoms with Crippen LogP contribution in [0.2, 0.25) is 0 Å². The second-order valence-corrected chi connectivity index (χ2v) is 9.57. The fraction of sp³-hybridized carbons (Fsp3) is 0.938. The van der Waals surface area contributed by atoms with E-state index in [9.17, 15) is 13.2 Å². The van der Waals surface area contributed by atoms with Crippen molar-refractivity contribution in [3.63, 3.8) is 0 Å². The van der Waals surface area contributed by atoms with Crippen LogP contribution in [0, 0.1) is 17.8 Å². The third-order valence-corrected chi connectivity index (χ3v) is 6.76. The first-order valence-electron chi connectivity index (χ1n) is 8.38. The monoisotopic (exact) mass is 331 g/mol. The standard InChI is InChI=1S/C16H29NO4S/c1-11(2)14-5-4-12(3)8-15(14)21-9-16(18)17-13-6-7-22(19,20)10-13/h11-15H,4-10H2,1-3H3,(H,17,18)/t12-,13-,14-,15-/m1/s1. The van der Waals surface area contributed by atoms with Crippen molar-refractivity contribution in [1.82, 2.24) is 5.32 Å². The Morgan fingerprint density at radius 2 is 2.00 bits per heavy atom. The Morgan fingerprint density at radius 1 is 1.27 bits per heavy atom. The lowest BCUT2D eigenvalue weighted by Gasteiger charge is -2.37. The van der Waals surface area contributed by atoms with Gasteiger partial charge >= 0.3 is 0 Å². The molecule has 0 spiro atoms. The zero-order valence-corrected chi connectivity index (χ0v) is 14.7. The number of amides is 1. The molecule has 1 aliphatic heterocycles. The Kier molecular flexibility index (Phi) is 5.88. The lowest BCUT2D eigenvalue weighted by molar-refractivity contribution is -0.131. The second-order valence-electron chi connectivity index (χ2n) is 7.34. The van der Waals surface area contributed by atoms with Crippen LogP contribution in [0.25, 0.3) is 0 Å². The van der Waals surface area contributed by atoms with E-state index in [-0.39, 0.29) is 36.2 Å². The summed E-state index contributed by atoms with van der Waals surface area (Å²) in [5, 5.41) is 2.79. The first kappa shape index (κ1) is 17.7. The summed E-state index contributed by atoms with van der Waals surface area (Å²) in [6, 6.07) is -0.243. The lowest BCUT2D eigenvalue weighted by atomic mass is 9.75. The van der Waals surface area contributed by atoms with Crippen molar-refractivity contribution in [3.05, 3.63) is 0 Å². The molecule has 2 rings (SSSR count). The smallest absolute Gasteiger partial charge is 0.246 e. The van der Waals surface area contributed by atoms with E-state index in [1.54, 1.807) is 0 Å². The Morgan fingerprint density at radius 3 is 2.59 bits per heavy atom. The fourth-order valence-corrected chi connectivity index (χ4v) is 5.34. The molecule has 1 saturated carbocycles. The first-order chi connectivity index (χ1) is 10.3. The Balaban J connectivity index is 1.79. The SMILES string of the molecule is CC(C)[C@H]1CC[C@@H](C)C[C@H]1OCC(=O)N[C@@H]1CCS(=O)(=O)C1. The maximum atomic E-state index is 12.0. The molecule has 0 aromatic rings. The average Bonchev–Trinajstić information content (AvgIpc) is 2.75. The van der Waals surface area contributed by atoms with Gasteiger partial charge in [0.1, 0.15) is 6.61 Å². The summed E-state index contributed by atoms with van der Waals surface area (Å²) < 4.78 is 28.7. The molecule has 1 N–H and O–H groups in total. The summed E-state index contributed by atoms with van der Waals surface area (Å²) in [5.74, 6) is 1.75. The summed E-state index contributed by atoms with van der Waals surface area (Å²) in [6.45, 7) is 6.69. The summed E-state index contributed by atoms with van der Waals surface area (Å²) in [7, 11) is -2.96. The maximum Gasteiger partial charge on any atom is 0.246 e. The average molecular weight is 331 g/mol. The van der Waals surface area contributed by atoms with Gasteiger partial charge in [0, 0.05) is 6.04 Å². The summed E-state index contributed by atoms with van der Waals surface area (Å²) in [5.41, 5.74) is 0. The molecule has 1 saturated heterocycles. The Bertz CT molecular complexity index is 488. The van der Waals surface area contributed by atoms with Crippen LogP contribution in [-0.2, 0) is 19.4 Å². The van der Waals surface area contributed by atoms with Crippen molar-refractivity contribution in [2.24, 2.45) is 17.8 Å². The quantitative estimate of drug-likeness (QED) is 0.833. The molecule has 2 fully saturated rings. The largest absolute Gasteiger partial charge is 0.368 e. The molecule has 0 aromatic carbocycles. The highest BCUT2D eigenvalue weighted by Crippen LogP contribution is 2.35. The van der Waals surface area contributed by atoms with Crippen LogP contribution in [0.1, 0.15) is 46.5 Å². The van der Waals surface area contributed by atoms with Gasteiger partial charge in [-0.05, 0) is 37.0 Å². The topological polar surface area (TPSA) is 72.5 Å². The van der Waals surface area contributed by atoms with E-state index in [0.29, 0.717) is 24.2 Å². The molecule has 1 amide bonds. The molecule has 0 aromatic heterocycles. The van der Waals surface area contributed by atoms with Crippen molar-refractivity contribution in [2.45, 2.75) is 58.6 Å². The molecular formula is C16H29NO4S. The molecule has 0 radical (unpaired) electrons. The van der Waals surface area contributed by atoms with Gasteiger partial charge in [-0.1, -0.05) is 27.2 Å². The van der Waals surface area contributed by atoms with Gasteiger partial charge in [-0.3, -0.25) is 4.79 Å². The van der Waals surface area contributed by atoms with Crippen molar-refractivity contribution in [2.75, 3.05) is 18.1 Å².